The molecule has 0 amide bonds. The molecule has 0 unspecified atom stereocenters. The summed E-state index contributed by atoms with van der Waals surface area (Å²) in [6.45, 7) is 0. The molecule has 0 aliphatic heterocycles. The standard InChI is InChI=1S/C59H38N2O2/c1-4-13-39(14-5-1)41-25-28-48(29-26-41)61(49-22-12-21-45(36-49)46-24-23-40-15-10-11-20-44(40)35-46)50-30-32-51(53(38-50)42-16-6-2-7-17-42)47-27-31-52-56(37-47)62-55-34-33-54-58(57(52)55)63-59(60-54)43-18-8-3-9-19-43/h1-38H. The van der Waals surface area contributed by atoms with Crippen LogP contribution in [0.1, 0.15) is 0 Å². The molecule has 0 atom stereocenters. The third kappa shape index (κ3) is 6.62. The van der Waals surface area contributed by atoms with Crippen LogP contribution in [0, 0.1) is 0 Å². The van der Waals surface area contributed by atoms with Gasteiger partial charge in [-0.3, -0.25) is 0 Å². The summed E-state index contributed by atoms with van der Waals surface area (Å²) in [5, 5.41) is 4.38. The monoisotopic (exact) mass is 806 g/mol. The summed E-state index contributed by atoms with van der Waals surface area (Å²) in [6.07, 6.45) is 0. The molecule has 0 radical (unpaired) electrons. The molecule has 0 saturated carbocycles. The molecular formula is C59H38N2O2. The zero-order valence-corrected chi connectivity index (χ0v) is 34.2. The minimum atomic E-state index is 0.596. The molecule has 0 fully saturated rings. The largest absolute Gasteiger partial charge is 0.456 e. The van der Waals surface area contributed by atoms with Crippen LogP contribution in [-0.2, 0) is 0 Å². The second-order valence-corrected chi connectivity index (χ2v) is 15.9. The highest BCUT2D eigenvalue weighted by atomic mass is 16.4. The number of furan rings is 1. The normalized spacial score (nSPS) is 11.5. The fourth-order valence-corrected chi connectivity index (χ4v) is 8.97. The zero-order chi connectivity index (χ0) is 41.7. The van der Waals surface area contributed by atoms with E-state index in [9.17, 15) is 0 Å². The number of hydrogen-bond acceptors (Lipinski definition) is 4. The van der Waals surface area contributed by atoms with Crippen molar-refractivity contribution < 1.29 is 8.83 Å². The van der Waals surface area contributed by atoms with E-state index < -0.39 is 0 Å². The lowest BCUT2D eigenvalue weighted by Gasteiger charge is -2.27. The molecular weight excluding hydrogens is 769 g/mol. The van der Waals surface area contributed by atoms with Gasteiger partial charge in [0, 0.05) is 28.0 Å². The topological polar surface area (TPSA) is 42.4 Å². The molecule has 63 heavy (non-hydrogen) atoms. The highest BCUT2D eigenvalue weighted by Crippen LogP contribution is 2.44. The number of benzene rings is 10. The van der Waals surface area contributed by atoms with Crippen molar-refractivity contribution in [3.05, 3.63) is 231 Å². The molecule has 0 N–H and O–H groups in total. The first-order valence-electron chi connectivity index (χ1n) is 21.3. The van der Waals surface area contributed by atoms with E-state index in [0.717, 1.165) is 83.5 Å². The Kier molecular flexibility index (Phi) is 8.79. The van der Waals surface area contributed by atoms with E-state index in [1.807, 2.05) is 42.5 Å². The predicted molar refractivity (Wildman–Crippen MR) is 261 cm³/mol. The van der Waals surface area contributed by atoms with E-state index in [0.29, 0.717) is 5.89 Å². The highest BCUT2D eigenvalue weighted by molar-refractivity contribution is 6.17. The lowest BCUT2D eigenvalue weighted by Crippen LogP contribution is -2.10. The summed E-state index contributed by atoms with van der Waals surface area (Å²) < 4.78 is 13.0. The Labute approximate surface area is 364 Å². The van der Waals surface area contributed by atoms with Crippen LogP contribution in [0.25, 0.3) is 99.8 Å². The summed E-state index contributed by atoms with van der Waals surface area (Å²) in [4.78, 5) is 7.20. The van der Waals surface area contributed by atoms with Crippen LogP contribution in [0.4, 0.5) is 17.1 Å². The number of oxazole rings is 1. The minimum absolute atomic E-state index is 0.596. The lowest BCUT2D eigenvalue weighted by atomic mass is 9.93. The third-order valence-corrected chi connectivity index (χ3v) is 12.1. The maximum atomic E-state index is 6.58. The lowest BCUT2D eigenvalue weighted by molar-refractivity contribution is 0.622. The van der Waals surface area contributed by atoms with Gasteiger partial charge in [-0.15, -0.1) is 0 Å². The summed E-state index contributed by atoms with van der Waals surface area (Å²) in [6, 6.07) is 81.5. The molecule has 4 heteroatoms. The van der Waals surface area contributed by atoms with Gasteiger partial charge in [-0.05, 0) is 134 Å². The maximum Gasteiger partial charge on any atom is 0.227 e. The molecule has 0 aliphatic rings. The van der Waals surface area contributed by atoms with Crippen LogP contribution >= 0.6 is 0 Å². The first-order chi connectivity index (χ1) is 31.2. The van der Waals surface area contributed by atoms with Gasteiger partial charge in [0.05, 0.1) is 5.39 Å². The molecule has 0 saturated heterocycles. The summed E-state index contributed by atoms with van der Waals surface area (Å²) in [5.41, 5.74) is 16.3. The minimum Gasteiger partial charge on any atom is -0.456 e. The van der Waals surface area contributed by atoms with E-state index in [2.05, 4.69) is 193 Å². The molecule has 12 rings (SSSR count). The maximum absolute atomic E-state index is 6.58. The Bertz CT molecular complexity index is 3610. The van der Waals surface area contributed by atoms with Gasteiger partial charge < -0.3 is 13.7 Å². The molecule has 12 aromatic rings. The quantitative estimate of drug-likeness (QED) is 0.153. The van der Waals surface area contributed by atoms with Crippen LogP contribution in [0.2, 0.25) is 0 Å². The van der Waals surface area contributed by atoms with Gasteiger partial charge in [0.2, 0.25) is 5.89 Å². The number of nitrogens with zero attached hydrogens (tertiary/aromatic N) is 2. The van der Waals surface area contributed by atoms with Crippen molar-refractivity contribution in [2.24, 2.45) is 0 Å². The van der Waals surface area contributed by atoms with E-state index in [1.54, 1.807) is 0 Å². The van der Waals surface area contributed by atoms with E-state index in [1.165, 1.54) is 27.5 Å². The molecule has 0 spiro atoms. The Morgan fingerprint density at radius 1 is 0.333 bits per heavy atom. The number of aromatic nitrogens is 1. The van der Waals surface area contributed by atoms with E-state index in [-0.39, 0.29) is 0 Å². The van der Waals surface area contributed by atoms with Crippen LogP contribution in [-0.4, -0.2) is 4.98 Å². The number of hydrogen-bond donors (Lipinski definition) is 0. The van der Waals surface area contributed by atoms with Gasteiger partial charge in [0.1, 0.15) is 16.7 Å². The van der Waals surface area contributed by atoms with Crippen molar-refractivity contribution in [2.75, 3.05) is 4.90 Å². The second kappa shape index (κ2) is 15.2. The van der Waals surface area contributed by atoms with E-state index in [4.69, 9.17) is 13.8 Å². The third-order valence-electron chi connectivity index (χ3n) is 12.1. The van der Waals surface area contributed by atoms with Crippen LogP contribution < -0.4 is 4.90 Å². The van der Waals surface area contributed by atoms with Crippen LogP contribution in [0.3, 0.4) is 0 Å². The van der Waals surface area contributed by atoms with Gasteiger partial charge >= 0.3 is 0 Å². The van der Waals surface area contributed by atoms with Crippen LogP contribution in [0.5, 0.6) is 0 Å². The second-order valence-electron chi connectivity index (χ2n) is 15.9. The van der Waals surface area contributed by atoms with Gasteiger partial charge in [0.25, 0.3) is 0 Å². The molecule has 0 bridgehead atoms. The Hall–Kier alpha value is -8.47. The molecule has 2 heterocycles. The fraction of sp³-hybridized carbons (Fsp3) is 0. The van der Waals surface area contributed by atoms with Gasteiger partial charge in [-0.1, -0.05) is 152 Å². The molecule has 4 nitrogen and oxygen atoms in total. The van der Waals surface area contributed by atoms with Crippen molar-refractivity contribution in [1.29, 1.82) is 0 Å². The summed E-state index contributed by atoms with van der Waals surface area (Å²) in [7, 11) is 0. The predicted octanol–water partition coefficient (Wildman–Crippen LogP) is 16.7. The SMILES string of the molecule is c1ccc(-c2ccc(N(c3cccc(-c4ccc5ccccc5c4)c3)c3ccc(-c4ccc5c(c4)oc4ccc6nc(-c7ccccc7)oc6c45)c(-c4ccccc4)c3)cc2)cc1. The van der Waals surface area contributed by atoms with E-state index >= 15 is 0 Å². The van der Waals surface area contributed by atoms with Crippen LogP contribution in [0.15, 0.2) is 239 Å². The molecule has 2 aromatic heterocycles. The fourth-order valence-electron chi connectivity index (χ4n) is 8.97. The number of rotatable bonds is 8. The number of anilines is 3. The van der Waals surface area contributed by atoms with Gasteiger partial charge in [-0.25, -0.2) is 4.98 Å². The van der Waals surface area contributed by atoms with Crippen molar-refractivity contribution in [1.82, 2.24) is 4.98 Å². The first kappa shape index (κ1) is 36.4. The van der Waals surface area contributed by atoms with Crippen molar-refractivity contribution in [2.45, 2.75) is 0 Å². The summed E-state index contributed by atoms with van der Waals surface area (Å²) >= 11 is 0. The average molecular weight is 807 g/mol. The van der Waals surface area contributed by atoms with Crippen molar-refractivity contribution in [3.63, 3.8) is 0 Å². The highest BCUT2D eigenvalue weighted by Gasteiger charge is 2.20. The number of fused-ring (bicyclic) bond motifs is 6. The average Bonchev–Trinajstić information content (AvgIpc) is 3.97. The molecule has 10 aromatic carbocycles. The van der Waals surface area contributed by atoms with Gasteiger partial charge in [-0.2, -0.15) is 0 Å². The summed E-state index contributed by atoms with van der Waals surface area (Å²) in [5.74, 6) is 0.596. The molecule has 0 aliphatic carbocycles. The Balaban J connectivity index is 0.996. The van der Waals surface area contributed by atoms with Crippen molar-refractivity contribution in [3.8, 4) is 56.0 Å². The smallest absolute Gasteiger partial charge is 0.227 e. The zero-order valence-electron chi connectivity index (χ0n) is 34.2. The Morgan fingerprint density at radius 2 is 0.952 bits per heavy atom. The van der Waals surface area contributed by atoms with Crippen molar-refractivity contribution >= 4 is 60.9 Å². The molecule has 296 valence electrons. The Morgan fingerprint density at radius 3 is 1.75 bits per heavy atom. The van der Waals surface area contributed by atoms with Gasteiger partial charge in [0.15, 0.2) is 5.58 Å². The first-order valence-corrected chi connectivity index (χ1v) is 21.3.